The average molecular weight is 593 g/mol. The maximum atomic E-state index is 13.1. The molecular formula is C23H21N8NaO8S. The number of carboxylic acids is 1. The summed E-state index contributed by atoms with van der Waals surface area (Å²) in [5.41, 5.74) is 5.39. The van der Waals surface area contributed by atoms with Gasteiger partial charge in [0.05, 0.1) is 16.7 Å². The molecule has 0 radical (unpaired) electrons. The summed E-state index contributed by atoms with van der Waals surface area (Å²) in [7, 11) is 0. The van der Waals surface area contributed by atoms with Gasteiger partial charge in [0, 0.05) is 35.8 Å². The quantitative estimate of drug-likeness (QED) is 0.0499. The Morgan fingerprint density at radius 2 is 2.07 bits per heavy atom. The van der Waals surface area contributed by atoms with Gasteiger partial charge in [-0.25, -0.2) is 4.79 Å². The van der Waals surface area contributed by atoms with Gasteiger partial charge in [-0.05, 0) is 37.0 Å². The Morgan fingerprint density at radius 1 is 1.32 bits per heavy atom. The molecular weight excluding hydrogens is 571 g/mol. The Bertz CT molecular complexity index is 1580. The third kappa shape index (κ3) is 5.43. The van der Waals surface area contributed by atoms with Crippen molar-refractivity contribution in [3.05, 3.63) is 63.1 Å². The first-order valence-electron chi connectivity index (χ1n) is 11.8. The number of oxime groups is 1. The van der Waals surface area contributed by atoms with Crippen molar-refractivity contribution >= 4 is 57.4 Å². The van der Waals surface area contributed by atoms with E-state index < -0.39 is 46.4 Å². The van der Waals surface area contributed by atoms with E-state index in [0.717, 1.165) is 16.4 Å². The third-order valence-electron chi connectivity index (χ3n) is 6.76. The molecule has 2 saturated heterocycles. The number of aliphatic carboxylic acids is 1. The number of nitrogens with one attached hydrogen (secondary N) is 1. The van der Waals surface area contributed by atoms with Gasteiger partial charge in [-0.3, -0.25) is 29.4 Å². The fourth-order valence-electron chi connectivity index (χ4n) is 4.94. The maximum Gasteiger partial charge on any atom is 1.00 e. The summed E-state index contributed by atoms with van der Waals surface area (Å²) in [6.45, 7) is 0.245. The summed E-state index contributed by atoms with van der Waals surface area (Å²) in [6.07, 6.45) is 2.20. The molecule has 41 heavy (non-hydrogen) atoms. The zero-order valence-electron chi connectivity index (χ0n) is 22.4. The van der Waals surface area contributed by atoms with Gasteiger partial charge in [-0.2, -0.15) is 9.36 Å². The predicted octanol–water partition coefficient (Wildman–Crippen LogP) is -2.49. The van der Waals surface area contributed by atoms with E-state index in [1.54, 1.807) is 6.07 Å². The number of nitrogen functional groups attached to an aromatic ring is 1. The summed E-state index contributed by atoms with van der Waals surface area (Å²) in [5.74, 6) is -3.66. The van der Waals surface area contributed by atoms with Crippen LogP contribution in [0.4, 0.5) is 16.5 Å². The molecule has 2 fully saturated rings. The third-order valence-corrected chi connectivity index (χ3v) is 7.30. The normalized spacial score (nSPS) is 21.4. The molecule has 0 bridgehead atoms. The Balaban J connectivity index is 0.00000242. The minimum absolute atomic E-state index is 0. The average Bonchev–Trinajstić information content (AvgIpc) is 3.52. The number of rotatable bonds is 7. The molecule has 4 heterocycles. The number of nitrogens with two attached hydrogens (primary N) is 1. The molecule has 5 rings (SSSR count). The van der Waals surface area contributed by atoms with Crippen molar-refractivity contribution in [3.8, 4) is 0 Å². The van der Waals surface area contributed by atoms with Gasteiger partial charge < -0.3 is 27.7 Å². The Morgan fingerprint density at radius 3 is 2.71 bits per heavy atom. The predicted molar refractivity (Wildman–Crippen MR) is 138 cm³/mol. The van der Waals surface area contributed by atoms with Crippen LogP contribution in [0.5, 0.6) is 0 Å². The summed E-state index contributed by atoms with van der Waals surface area (Å²) in [5, 5.41) is 35.7. The number of hydrogen-bond donors (Lipinski definition) is 4. The van der Waals surface area contributed by atoms with E-state index in [1.807, 2.05) is 0 Å². The maximum absolute atomic E-state index is 13.1. The molecule has 0 saturated carbocycles. The molecule has 0 unspecified atom stereocenters. The summed E-state index contributed by atoms with van der Waals surface area (Å²) in [4.78, 5) is 67.7. The zero-order valence-corrected chi connectivity index (χ0v) is 24.2. The first-order valence-corrected chi connectivity index (χ1v) is 12.6. The fraction of sp³-hybridized carbons (Fsp3) is 0.261. The Labute approximate surface area is 258 Å². The van der Waals surface area contributed by atoms with E-state index in [1.165, 1.54) is 29.2 Å². The van der Waals surface area contributed by atoms with Crippen LogP contribution >= 0.6 is 11.5 Å². The van der Waals surface area contributed by atoms with Crippen molar-refractivity contribution in [2.45, 2.75) is 31.3 Å². The molecule has 2 aromatic rings. The number of fused-ring (bicyclic) bond motifs is 1. The number of nitro groups is 1. The van der Waals surface area contributed by atoms with E-state index in [2.05, 4.69) is 19.8 Å². The molecule has 16 nitrogen and oxygen atoms in total. The number of allylic oxidation sites excluding steroid dienone is 2. The molecule has 3 aliphatic heterocycles. The van der Waals surface area contributed by atoms with Crippen LogP contribution < -0.4 is 45.5 Å². The smallest absolute Gasteiger partial charge is 1.00 e. The Hall–Kier alpha value is -4.19. The number of carbonyl (C=O) groups excluding carboxylic acids is 3. The van der Waals surface area contributed by atoms with Crippen LogP contribution in [0.25, 0.3) is 0 Å². The van der Waals surface area contributed by atoms with Crippen LogP contribution in [0.3, 0.4) is 0 Å². The molecule has 3 amide bonds. The van der Waals surface area contributed by atoms with E-state index >= 15 is 0 Å². The standard InChI is InChI=1S/C23H20N8O8S.Na.H/c24-23-26-18(28-40-23)16(27-37)19(32)25-15-14-5-4-10(17(22(35)36)30(14)21(15)34)8-11-6-7-29(20(11)33)12-2-1-3-13(9-12)31(38)39;;/h1-3,8-9,14-15,37H,4-7H2,(H,25,32)(H,35,36)(H2,24,26,28);;/q;+1;-1/b11-8+,27-16-;;/t14-,15+;;/m0../s1. The zero-order chi connectivity index (χ0) is 28.7. The molecule has 18 heteroatoms. The molecule has 0 spiro atoms. The summed E-state index contributed by atoms with van der Waals surface area (Å²) >= 11 is 0.779. The van der Waals surface area contributed by atoms with Crippen LogP contribution in [0, 0.1) is 10.1 Å². The number of aromatic nitrogens is 2. The van der Waals surface area contributed by atoms with Gasteiger partial charge in [-0.15, -0.1) is 0 Å². The summed E-state index contributed by atoms with van der Waals surface area (Å²) < 4.78 is 3.80. The summed E-state index contributed by atoms with van der Waals surface area (Å²) in [6, 6.07) is 3.87. The number of benzene rings is 1. The van der Waals surface area contributed by atoms with Gasteiger partial charge in [0.15, 0.2) is 5.13 Å². The second-order valence-electron chi connectivity index (χ2n) is 9.00. The van der Waals surface area contributed by atoms with E-state index in [0.29, 0.717) is 11.3 Å². The van der Waals surface area contributed by atoms with E-state index in [-0.39, 0.29) is 84.7 Å². The second-order valence-corrected chi connectivity index (χ2v) is 9.79. The van der Waals surface area contributed by atoms with Crippen LogP contribution in [0.2, 0.25) is 0 Å². The molecule has 208 valence electrons. The SMILES string of the molecule is Nc1nc(/C(=N/O)C(=O)N[C@H]2C(=O)N3C(C(=O)O)=C(/C=C4\CCN(c5cccc([N+](=O)[O-])c5)C4=O)CC[C@@H]23)ns1.[H-].[Na+]. The van der Waals surface area contributed by atoms with Crippen molar-refractivity contribution in [2.24, 2.45) is 5.16 Å². The van der Waals surface area contributed by atoms with Crippen molar-refractivity contribution in [3.63, 3.8) is 0 Å². The van der Waals surface area contributed by atoms with Gasteiger partial charge in [0.2, 0.25) is 11.5 Å². The number of nitro benzene ring substituents is 1. The van der Waals surface area contributed by atoms with Crippen LogP contribution in [-0.2, 0) is 19.2 Å². The number of anilines is 2. The van der Waals surface area contributed by atoms with E-state index in [9.17, 15) is 39.6 Å². The molecule has 2 atom stereocenters. The number of carboxylic acid groups (broad SMARTS) is 1. The Kier molecular flexibility index (Phi) is 8.52. The number of hydrogen-bond acceptors (Lipinski definition) is 12. The monoisotopic (exact) mass is 592 g/mol. The number of β-lactam (4-membered cyclic amide) rings is 1. The number of nitrogens with zero attached hydrogens (tertiary/aromatic N) is 6. The second kappa shape index (κ2) is 11.7. The van der Waals surface area contributed by atoms with Crippen LogP contribution in [0.15, 0.2) is 52.3 Å². The van der Waals surface area contributed by atoms with Gasteiger partial charge in [-0.1, -0.05) is 11.2 Å². The van der Waals surface area contributed by atoms with Crippen LogP contribution in [0.1, 0.15) is 26.5 Å². The molecule has 3 aliphatic rings. The topological polar surface area (TPSA) is 235 Å². The minimum Gasteiger partial charge on any atom is -1.00 e. The largest absolute Gasteiger partial charge is 1.00 e. The molecule has 0 aliphatic carbocycles. The van der Waals surface area contributed by atoms with Crippen molar-refractivity contribution in [1.29, 1.82) is 0 Å². The molecule has 5 N–H and O–H groups in total. The minimum atomic E-state index is -1.38. The van der Waals surface area contributed by atoms with Crippen molar-refractivity contribution in [2.75, 3.05) is 17.2 Å². The van der Waals surface area contributed by atoms with Crippen molar-refractivity contribution in [1.82, 2.24) is 19.6 Å². The first kappa shape index (κ1) is 29.8. The first-order chi connectivity index (χ1) is 19.1. The molecule has 1 aromatic heterocycles. The van der Waals surface area contributed by atoms with Crippen LogP contribution in [-0.4, -0.2) is 77.5 Å². The van der Waals surface area contributed by atoms with E-state index in [4.69, 9.17) is 5.73 Å². The van der Waals surface area contributed by atoms with Gasteiger partial charge >= 0.3 is 35.5 Å². The van der Waals surface area contributed by atoms with Gasteiger partial charge in [0.1, 0.15) is 11.7 Å². The number of non-ortho nitro benzene ring substituents is 1. The van der Waals surface area contributed by atoms with Crippen molar-refractivity contribution < 1.29 is 65.4 Å². The number of amides is 3. The fourth-order valence-corrected chi connectivity index (χ4v) is 5.38. The molecule has 1 aromatic carbocycles. The van der Waals surface area contributed by atoms with Gasteiger partial charge in [0.25, 0.3) is 23.4 Å². The number of carbonyl (C=O) groups is 4.